The molecule has 0 N–H and O–H groups in total. The molecule has 0 unspecified atom stereocenters. The Morgan fingerprint density at radius 2 is 1.91 bits per heavy atom. The molecule has 0 aromatic carbocycles. The third kappa shape index (κ3) is 2.56. The minimum absolute atomic E-state index is 0.246. The van der Waals surface area contributed by atoms with Gasteiger partial charge in [0, 0.05) is 26.2 Å². The van der Waals surface area contributed by atoms with Crippen LogP contribution >= 0.6 is 0 Å². The molecule has 1 aliphatic carbocycles. The molecule has 5 nitrogen and oxygen atoms in total. The minimum Gasteiger partial charge on any atom is -0.353 e. The maximum Gasteiger partial charge on any atom is 0.243 e. The Labute approximate surface area is 130 Å². The number of aromatic nitrogens is 1. The monoisotopic (exact) mass is 306 g/mol. The van der Waals surface area contributed by atoms with Gasteiger partial charge in [-0.2, -0.15) is 4.39 Å². The summed E-state index contributed by atoms with van der Waals surface area (Å²) in [6, 6.07) is 4.83. The molecule has 0 bridgehead atoms. The van der Waals surface area contributed by atoms with Crippen molar-refractivity contribution in [1.29, 1.82) is 0 Å². The molecular weight excluding hydrogens is 283 g/mol. The van der Waals surface area contributed by atoms with Gasteiger partial charge in [0.15, 0.2) is 0 Å². The number of anilines is 1. The van der Waals surface area contributed by atoms with Crippen LogP contribution in [0.5, 0.6) is 0 Å². The Kier molecular flexibility index (Phi) is 4.04. The first-order valence-corrected chi connectivity index (χ1v) is 7.87. The number of likely N-dealkylation sites (N-methyl/N-ethyl adjacent to an activating group) is 1. The Bertz CT molecular complexity index is 551. The Morgan fingerprint density at radius 1 is 1.23 bits per heavy atom. The molecule has 0 spiro atoms. The molecule has 0 radical (unpaired) electrons. The highest BCUT2D eigenvalue weighted by atomic mass is 19.1. The Balaban J connectivity index is 1.63. The van der Waals surface area contributed by atoms with Gasteiger partial charge in [0.05, 0.1) is 0 Å². The van der Waals surface area contributed by atoms with Crippen molar-refractivity contribution in [2.24, 2.45) is 0 Å². The Morgan fingerprint density at radius 3 is 2.41 bits per heavy atom. The van der Waals surface area contributed by atoms with Crippen molar-refractivity contribution in [3.8, 4) is 0 Å². The first-order chi connectivity index (χ1) is 10.5. The molecule has 1 aliphatic heterocycles. The van der Waals surface area contributed by atoms with Crippen molar-refractivity contribution in [2.45, 2.75) is 24.8 Å². The fourth-order valence-electron chi connectivity index (χ4n) is 3.37. The molecule has 2 heterocycles. The summed E-state index contributed by atoms with van der Waals surface area (Å²) in [7, 11) is 3.98. The van der Waals surface area contributed by atoms with Crippen molar-refractivity contribution in [1.82, 2.24) is 14.8 Å². The highest BCUT2D eigenvalue weighted by Gasteiger charge is 2.48. The van der Waals surface area contributed by atoms with Crippen molar-refractivity contribution in [3.05, 3.63) is 24.1 Å². The smallest absolute Gasteiger partial charge is 0.243 e. The van der Waals surface area contributed by atoms with Crippen LogP contribution in [0.4, 0.5) is 10.2 Å². The molecule has 1 saturated heterocycles. The standard InChI is InChI=1S/C16H23FN4O/c1-19(2)16(7-4-8-16)15(22)21-11-9-20(10-12-21)14-6-3-5-13(17)18-14/h3,5-6H,4,7-12H2,1-2H3. The summed E-state index contributed by atoms with van der Waals surface area (Å²) in [4.78, 5) is 22.8. The van der Waals surface area contributed by atoms with Gasteiger partial charge in [0.25, 0.3) is 0 Å². The van der Waals surface area contributed by atoms with Gasteiger partial charge in [-0.15, -0.1) is 0 Å². The van der Waals surface area contributed by atoms with Crippen LogP contribution in [0.3, 0.4) is 0 Å². The van der Waals surface area contributed by atoms with E-state index in [1.165, 1.54) is 6.07 Å². The topological polar surface area (TPSA) is 39.7 Å². The summed E-state index contributed by atoms with van der Waals surface area (Å²) in [5, 5.41) is 0. The molecule has 22 heavy (non-hydrogen) atoms. The molecule has 6 heteroatoms. The fourth-order valence-corrected chi connectivity index (χ4v) is 3.37. The largest absolute Gasteiger partial charge is 0.353 e. The summed E-state index contributed by atoms with van der Waals surface area (Å²) in [6.45, 7) is 2.75. The van der Waals surface area contributed by atoms with Gasteiger partial charge in [-0.05, 0) is 45.5 Å². The van der Waals surface area contributed by atoms with Gasteiger partial charge in [-0.25, -0.2) is 4.98 Å². The number of carbonyl (C=O) groups is 1. The zero-order chi connectivity index (χ0) is 15.7. The normalized spacial score (nSPS) is 20.9. The zero-order valence-corrected chi connectivity index (χ0v) is 13.3. The lowest BCUT2D eigenvalue weighted by molar-refractivity contribution is -0.149. The lowest BCUT2D eigenvalue weighted by Crippen LogP contribution is -2.63. The molecule has 1 saturated carbocycles. The molecule has 3 rings (SSSR count). The van der Waals surface area contributed by atoms with E-state index in [0.717, 1.165) is 19.3 Å². The van der Waals surface area contributed by atoms with Crippen LogP contribution in [0, 0.1) is 5.95 Å². The average molecular weight is 306 g/mol. The summed E-state index contributed by atoms with van der Waals surface area (Å²) in [5.41, 5.74) is -0.292. The number of nitrogens with zero attached hydrogens (tertiary/aromatic N) is 4. The van der Waals surface area contributed by atoms with E-state index in [2.05, 4.69) is 9.88 Å². The number of hydrogen-bond donors (Lipinski definition) is 0. The second-order valence-electron chi connectivity index (χ2n) is 6.38. The number of hydrogen-bond acceptors (Lipinski definition) is 4. The molecular formula is C16H23FN4O. The van der Waals surface area contributed by atoms with Crippen molar-refractivity contribution >= 4 is 11.7 Å². The van der Waals surface area contributed by atoms with E-state index >= 15 is 0 Å². The van der Waals surface area contributed by atoms with E-state index in [-0.39, 0.29) is 11.4 Å². The molecule has 2 fully saturated rings. The van der Waals surface area contributed by atoms with Crippen LogP contribution in [0.15, 0.2) is 18.2 Å². The zero-order valence-electron chi connectivity index (χ0n) is 13.3. The summed E-state index contributed by atoms with van der Waals surface area (Å²) < 4.78 is 13.2. The van der Waals surface area contributed by atoms with Gasteiger partial charge in [0.1, 0.15) is 11.4 Å². The summed E-state index contributed by atoms with van der Waals surface area (Å²) >= 11 is 0. The predicted molar refractivity (Wildman–Crippen MR) is 83.3 cm³/mol. The third-order valence-corrected chi connectivity index (χ3v) is 5.03. The van der Waals surface area contributed by atoms with Gasteiger partial charge >= 0.3 is 0 Å². The first-order valence-electron chi connectivity index (χ1n) is 7.87. The van der Waals surface area contributed by atoms with Gasteiger partial charge in [-0.1, -0.05) is 6.07 Å². The molecule has 2 aliphatic rings. The lowest BCUT2D eigenvalue weighted by atomic mass is 9.74. The number of carbonyl (C=O) groups excluding carboxylic acids is 1. The molecule has 0 atom stereocenters. The highest BCUT2D eigenvalue weighted by molar-refractivity contribution is 5.87. The number of piperazine rings is 1. The van der Waals surface area contributed by atoms with Crippen LogP contribution in [0.2, 0.25) is 0 Å². The number of pyridine rings is 1. The summed E-state index contributed by atoms with van der Waals surface area (Å²) in [5.74, 6) is 0.436. The number of amides is 1. The SMILES string of the molecule is CN(C)C1(C(=O)N2CCN(c3cccc(F)n3)CC2)CCC1. The van der Waals surface area contributed by atoms with E-state index in [1.807, 2.05) is 30.0 Å². The van der Waals surface area contributed by atoms with Gasteiger partial charge in [-0.3, -0.25) is 9.69 Å². The lowest BCUT2D eigenvalue weighted by Gasteiger charge is -2.49. The van der Waals surface area contributed by atoms with Crippen molar-refractivity contribution in [2.75, 3.05) is 45.2 Å². The van der Waals surface area contributed by atoms with Crippen LogP contribution in [-0.4, -0.2) is 66.5 Å². The first kappa shape index (κ1) is 15.2. The highest BCUT2D eigenvalue weighted by Crippen LogP contribution is 2.38. The van der Waals surface area contributed by atoms with Crippen LogP contribution in [0.1, 0.15) is 19.3 Å². The van der Waals surface area contributed by atoms with Crippen molar-refractivity contribution in [3.63, 3.8) is 0 Å². The molecule has 1 aromatic heterocycles. The quantitative estimate of drug-likeness (QED) is 0.791. The van der Waals surface area contributed by atoms with E-state index in [0.29, 0.717) is 32.0 Å². The molecule has 120 valence electrons. The Hall–Kier alpha value is -1.69. The maximum absolute atomic E-state index is 13.2. The second-order valence-corrected chi connectivity index (χ2v) is 6.38. The van der Waals surface area contributed by atoms with Gasteiger partial charge in [0.2, 0.25) is 11.9 Å². The maximum atomic E-state index is 13.2. The predicted octanol–water partition coefficient (Wildman–Crippen LogP) is 1.35. The minimum atomic E-state index is -0.461. The fraction of sp³-hybridized carbons (Fsp3) is 0.625. The average Bonchev–Trinajstić information content (AvgIpc) is 2.46. The number of rotatable bonds is 3. The van der Waals surface area contributed by atoms with Crippen LogP contribution in [0.25, 0.3) is 0 Å². The van der Waals surface area contributed by atoms with Crippen LogP contribution in [-0.2, 0) is 4.79 Å². The van der Waals surface area contributed by atoms with Gasteiger partial charge < -0.3 is 9.80 Å². The molecule has 1 aromatic rings. The van der Waals surface area contributed by atoms with Crippen molar-refractivity contribution < 1.29 is 9.18 Å². The van der Waals surface area contributed by atoms with Crippen LogP contribution < -0.4 is 4.90 Å². The van der Waals surface area contributed by atoms with E-state index in [9.17, 15) is 9.18 Å². The van der Waals surface area contributed by atoms with E-state index < -0.39 is 5.95 Å². The van der Waals surface area contributed by atoms with E-state index in [1.54, 1.807) is 6.07 Å². The summed E-state index contributed by atoms with van der Waals surface area (Å²) in [6.07, 6.45) is 3.02. The molecule has 1 amide bonds. The number of halogens is 1. The third-order valence-electron chi connectivity index (χ3n) is 5.03. The second kappa shape index (κ2) is 5.83. The van der Waals surface area contributed by atoms with E-state index in [4.69, 9.17) is 0 Å².